The first-order valence-electron chi connectivity index (χ1n) is 4.79. The minimum atomic E-state index is -0.686. The van der Waals surface area contributed by atoms with E-state index in [2.05, 4.69) is 14.5 Å². The molecule has 0 radical (unpaired) electrons. The van der Waals surface area contributed by atoms with Crippen LogP contribution in [0, 0.1) is 0 Å². The van der Waals surface area contributed by atoms with Crippen LogP contribution in [0.3, 0.4) is 0 Å². The van der Waals surface area contributed by atoms with Crippen LogP contribution < -0.4 is 0 Å². The Balaban J connectivity index is 2.47. The molecule has 0 spiro atoms. The van der Waals surface area contributed by atoms with E-state index in [9.17, 15) is 9.59 Å². The lowest BCUT2D eigenvalue weighted by Gasteiger charge is -2.00. The van der Waals surface area contributed by atoms with E-state index in [1.165, 1.54) is 19.2 Å². The molecule has 0 fully saturated rings. The van der Waals surface area contributed by atoms with Crippen molar-refractivity contribution in [3.63, 3.8) is 0 Å². The minimum Gasteiger partial charge on any atom is -0.454 e. The van der Waals surface area contributed by atoms with E-state index in [0.717, 1.165) is 6.26 Å². The second-order valence-corrected chi connectivity index (χ2v) is 3.88. The van der Waals surface area contributed by atoms with Crippen molar-refractivity contribution >= 4 is 41.2 Å². The zero-order valence-electron chi connectivity index (χ0n) is 9.35. The van der Waals surface area contributed by atoms with Gasteiger partial charge in [0.1, 0.15) is 5.15 Å². The molecule has 0 aliphatic heterocycles. The third-order valence-electron chi connectivity index (χ3n) is 1.67. The fraction of sp³-hybridized carbons (Fsp3) is 0.182. The third-order valence-corrected chi connectivity index (χ3v) is 2.36. The summed E-state index contributed by atoms with van der Waals surface area (Å²) in [6.45, 7) is 0.768. The van der Waals surface area contributed by atoms with Gasteiger partial charge in [-0.2, -0.15) is 0 Å². The summed E-state index contributed by atoms with van der Waals surface area (Å²) in [7, 11) is 0. The second kappa shape index (κ2) is 6.98. The van der Waals surface area contributed by atoms with Crippen LogP contribution in [0.5, 0.6) is 0 Å². The summed E-state index contributed by atoms with van der Waals surface area (Å²) in [5, 5.41) is 0.491. The molecule has 1 heterocycles. The molecule has 0 bridgehead atoms. The highest BCUT2D eigenvalue weighted by Crippen LogP contribution is 2.20. The number of ether oxygens (including phenoxy) is 2. The second-order valence-electron chi connectivity index (χ2n) is 3.11. The molecule has 0 saturated heterocycles. The SMILES string of the molecule is CC(=O)OCC(=O)OC=Cc1cnc(Cl)c(Cl)c1. The van der Waals surface area contributed by atoms with Crippen molar-refractivity contribution in [1.82, 2.24) is 4.98 Å². The number of halogens is 2. The molecule has 18 heavy (non-hydrogen) atoms. The average Bonchev–Trinajstić information content (AvgIpc) is 2.31. The topological polar surface area (TPSA) is 65.5 Å². The van der Waals surface area contributed by atoms with Crippen LogP contribution in [-0.2, 0) is 19.1 Å². The summed E-state index contributed by atoms with van der Waals surface area (Å²) in [5.41, 5.74) is 0.615. The van der Waals surface area contributed by atoms with Crippen molar-refractivity contribution in [3.8, 4) is 0 Å². The van der Waals surface area contributed by atoms with Crippen molar-refractivity contribution in [2.75, 3.05) is 6.61 Å². The van der Waals surface area contributed by atoms with Gasteiger partial charge >= 0.3 is 11.9 Å². The fourth-order valence-corrected chi connectivity index (χ4v) is 1.19. The van der Waals surface area contributed by atoms with E-state index in [1.54, 1.807) is 6.07 Å². The third kappa shape index (κ3) is 5.16. The van der Waals surface area contributed by atoms with Gasteiger partial charge in [-0.05, 0) is 17.7 Å². The van der Waals surface area contributed by atoms with Crippen molar-refractivity contribution in [2.24, 2.45) is 0 Å². The van der Waals surface area contributed by atoms with Gasteiger partial charge in [-0.1, -0.05) is 23.2 Å². The molecule has 0 amide bonds. The molecule has 1 aromatic heterocycles. The normalized spacial score (nSPS) is 10.4. The summed E-state index contributed by atoms with van der Waals surface area (Å²) in [4.78, 5) is 25.3. The summed E-state index contributed by atoms with van der Waals surface area (Å²) < 4.78 is 9.11. The molecule has 0 aliphatic rings. The molecule has 0 aliphatic carbocycles. The maximum absolute atomic E-state index is 11.0. The Labute approximate surface area is 113 Å². The fourth-order valence-electron chi connectivity index (χ4n) is 0.910. The van der Waals surface area contributed by atoms with Crippen LogP contribution in [0.25, 0.3) is 6.08 Å². The maximum atomic E-state index is 11.0. The summed E-state index contributed by atoms with van der Waals surface area (Å²) in [6, 6.07) is 1.56. The number of esters is 2. The molecule has 1 aromatic rings. The lowest BCUT2D eigenvalue weighted by atomic mass is 10.3. The lowest BCUT2D eigenvalue weighted by Crippen LogP contribution is -2.12. The lowest BCUT2D eigenvalue weighted by molar-refractivity contribution is -0.153. The van der Waals surface area contributed by atoms with E-state index in [-0.39, 0.29) is 5.15 Å². The van der Waals surface area contributed by atoms with Gasteiger partial charge < -0.3 is 9.47 Å². The zero-order chi connectivity index (χ0) is 13.5. The minimum absolute atomic E-state index is 0.195. The Morgan fingerprint density at radius 1 is 1.44 bits per heavy atom. The molecule has 5 nitrogen and oxygen atoms in total. The molecule has 0 saturated carbocycles. The number of hydrogen-bond donors (Lipinski definition) is 0. The van der Waals surface area contributed by atoms with Gasteiger partial charge in [-0.15, -0.1) is 0 Å². The molecular formula is C11H9Cl2NO4. The van der Waals surface area contributed by atoms with Crippen LogP contribution in [-0.4, -0.2) is 23.5 Å². The summed E-state index contributed by atoms with van der Waals surface area (Å²) >= 11 is 11.4. The van der Waals surface area contributed by atoms with E-state index < -0.39 is 18.5 Å². The summed E-state index contributed by atoms with van der Waals surface area (Å²) in [6.07, 6.45) is 4.08. The highest BCUT2D eigenvalue weighted by molar-refractivity contribution is 6.41. The Bertz CT molecular complexity index is 488. The van der Waals surface area contributed by atoms with Crippen LogP contribution in [0.4, 0.5) is 0 Å². The smallest absolute Gasteiger partial charge is 0.349 e. The molecule has 7 heteroatoms. The Morgan fingerprint density at radius 2 is 2.17 bits per heavy atom. The van der Waals surface area contributed by atoms with Crippen molar-refractivity contribution < 1.29 is 19.1 Å². The number of nitrogens with zero attached hydrogens (tertiary/aromatic N) is 1. The number of carbonyl (C=O) groups is 2. The zero-order valence-corrected chi connectivity index (χ0v) is 10.9. The predicted octanol–water partition coefficient (Wildman–Crippen LogP) is 2.47. The van der Waals surface area contributed by atoms with Gasteiger partial charge in [0.05, 0.1) is 11.3 Å². The van der Waals surface area contributed by atoms with E-state index in [1.807, 2.05) is 0 Å². The first-order chi connectivity index (χ1) is 8.49. The number of rotatable bonds is 4. The molecule has 0 unspecified atom stereocenters. The molecule has 0 aromatic carbocycles. The number of aromatic nitrogens is 1. The van der Waals surface area contributed by atoms with Gasteiger partial charge in [0.15, 0.2) is 6.61 Å². The Kier molecular flexibility index (Phi) is 5.61. The van der Waals surface area contributed by atoms with E-state index in [4.69, 9.17) is 23.2 Å². The summed E-state index contributed by atoms with van der Waals surface area (Å²) in [5.74, 6) is -1.24. The number of pyridine rings is 1. The monoisotopic (exact) mass is 289 g/mol. The Hall–Kier alpha value is -1.59. The number of hydrogen-bond acceptors (Lipinski definition) is 5. The van der Waals surface area contributed by atoms with Gasteiger partial charge in [0.25, 0.3) is 0 Å². The first-order valence-corrected chi connectivity index (χ1v) is 5.55. The Morgan fingerprint density at radius 3 is 2.78 bits per heavy atom. The van der Waals surface area contributed by atoms with E-state index >= 15 is 0 Å². The van der Waals surface area contributed by atoms with Crippen LogP contribution >= 0.6 is 23.2 Å². The quantitative estimate of drug-likeness (QED) is 0.484. The highest BCUT2D eigenvalue weighted by Gasteiger charge is 2.03. The van der Waals surface area contributed by atoms with Crippen molar-refractivity contribution in [2.45, 2.75) is 6.92 Å². The highest BCUT2D eigenvalue weighted by atomic mass is 35.5. The number of carbonyl (C=O) groups excluding carboxylic acids is 2. The molecule has 0 atom stereocenters. The van der Waals surface area contributed by atoms with Gasteiger partial charge in [-0.25, -0.2) is 9.78 Å². The van der Waals surface area contributed by atoms with Crippen LogP contribution in [0.15, 0.2) is 18.5 Å². The average molecular weight is 290 g/mol. The van der Waals surface area contributed by atoms with Gasteiger partial charge in [0, 0.05) is 13.1 Å². The van der Waals surface area contributed by atoms with Crippen LogP contribution in [0.1, 0.15) is 12.5 Å². The molecule has 96 valence electrons. The van der Waals surface area contributed by atoms with Crippen molar-refractivity contribution in [3.05, 3.63) is 34.3 Å². The molecule has 0 N–H and O–H groups in total. The molecule has 1 rings (SSSR count). The largest absolute Gasteiger partial charge is 0.454 e. The van der Waals surface area contributed by atoms with Gasteiger partial charge in [-0.3, -0.25) is 4.79 Å². The first kappa shape index (κ1) is 14.5. The standard InChI is InChI=1S/C11H9Cl2NO4/c1-7(15)18-6-10(16)17-3-2-8-4-9(12)11(13)14-5-8/h2-5H,6H2,1H3. The predicted molar refractivity (Wildman–Crippen MR) is 66.0 cm³/mol. The van der Waals surface area contributed by atoms with Crippen molar-refractivity contribution in [1.29, 1.82) is 0 Å². The van der Waals surface area contributed by atoms with Crippen LogP contribution in [0.2, 0.25) is 10.2 Å². The molecular weight excluding hydrogens is 281 g/mol. The van der Waals surface area contributed by atoms with E-state index in [0.29, 0.717) is 10.6 Å². The van der Waals surface area contributed by atoms with Gasteiger partial charge in [0.2, 0.25) is 0 Å². The maximum Gasteiger partial charge on any atom is 0.349 e.